The third-order valence-electron chi connectivity index (χ3n) is 3.30. The monoisotopic (exact) mass is 320 g/mol. The quantitative estimate of drug-likeness (QED) is 0.608. The molecular formula is C16H24N4OS. The van der Waals surface area contributed by atoms with Crippen LogP contribution in [-0.2, 0) is 6.54 Å². The van der Waals surface area contributed by atoms with Gasteiger partial charge >= 0.3 is 0 Å². The first kappa shape index (κ1) is 16.6. The van der Waals surface area contributed by atoms with Gasteiger partial charge in [-0.3, -0.25) is 4.90 Å². The number of nitrogens with zero attached hydrogens (tertiary/aromatic N) is 2. The SMILES string of the molecule is CCNC(=NCc1ccsc1)NCC(c1ccco1)N(C)C. The van der Waals surface area contributed by atoms with Crippen LogP contribution in [0.1, 0.15) is 24.3 Å². The Morgan fingerprint density at radius 2 is 2.23 bits per heavy atom. The molecule has 0 fully saturated rings. The zero-order valence-electron chi connectivity index (χ0n) is 13.4. The maximum atomic E-state index is 5.53. The van der Waals surface area contributed by atoms with Crippen molar-refractivity contribution in [1.82, 2.24) is 15.5 Å². The Kier molecular flexibility index (Phi) is 6.48. The maximum absolute atomic E-state index is 5.53. The predicted octanol–water partition coefficient (Wildman–Crippen LogP) is 2.70. The molecule has 2 N–H and O–H groups in total. The molecule has 0 amide bonds. The molecule has 2 heterocycles. The van der Waals surface area contributed by atoms with Crippen LogP contribution in [0.3, 0.4) is 0 Å². The molecule has 0 spiro atoms. The summed E-state index contributed by atoms with van der Waals surface area (Å²) in [7, 11) is 4.09. The Balaban J connectivity index is 1.96. The molecule has 0 saturated heterocycles. The van der Waals surface area contributed by atoms with Crippen molar-refractivity contribution >= 4 is 17.3 Å². The predicted molar refractivity (Wildman–Crippen MR) is 92.3 cm³/mol. The highest BCUT2D eigenvalue weighted by molar-refractivity contribution is 7.07. The van der Waals surface area contributed by atoms with E-state index in [-0.39, 0.29) is 6.04 Å². The van der Waals surface area contributed by atoms with Gasteiger partial charge in [-0.05, 0) is 55.5 Å². The number of thiophene rings is 1. The van der Waals surface area contributed by atoms with Crippen LogP contribution in [0.15, 0.2) is 44.6 Å². The summed E-state index contributed by atoms with van der Waals surface area (Å²) in [6.45, 7) is 4.32. The fourth-order valence-corrected chi connectivity index (χ4v) is 2.77. The van der Waals surface area contributed by atoms with Gasteiger partial charge in [-0.1, -0.05) is 0 Å². The van der Waals surface area contributed by atoms with Gasteiger partial charge in [0.1, 0.15) is 5.76 Å². The molecule has 6 heteroatoms. The van der Waals surface area contributed by atoms with Gasteiger partial charge in [-0.25, -0.2) is 4.99 Å². The summed E-state index contributed by atoms with van der Waals surface area (Å²) in [6, 6.07) is 6.19. The number of aliphatic imine (C=N–C) groups is 1. The van der Waals surface area contributed by atoms with E-state index in [4.69, 9.17) is 4.42 Å². The molecular weight excluding hydrogens is 296 g/mol. The zero-order valence-corrected chi connectivity index (χ0v) is 14.2. The second-order valence-corrected chi connectivity index (χ2v) is 5.98. The Hall–Kier alpha value is -1.79. The third-order valence-corrected chi connectivity index (χ3v) is 4.03. The number of hydrogen-bond donors (Lipinski definition) is 2. The minimum absolute atomic E-state index is 0.167. The Labute approximate surface area is 136 Å². The van der Waals surface area contributed by atoms with Crippen LogP contribution in [0.25, 0.3) is 0 Å². The summed E-state index contributed by atoms with van der Waals surface area (Å²) >= 11 is 1.70. The summed E-state index contributed by atoms with van der Waals surface area (Å²) in [5, 5.41) is 10.9. The minimum atomic E-state index is 0.167. The average molecular weight is 320 g/mol. The first-order valence-corrected chi connectivity index (χ1v) is 8.38. The van der Waals surface area contributed by atoms with Crippen LogP contribution in [0.2, 0.25) is 0 Å². The molecule has 2 rings (SSSR count). The largest absolute Gasteiger partial charge is 0.468 e. The summed E-state index contributed by atoms with van der Waals surface area (Å²) in [5.74, 6) is 1.78. The summed E-state index contributed by atoms with van der Waals surface area (Å²) in [6.07, 6.45) is 1.71. The lowest BCUT2D eigenvalue weighted by Crippen LogP contribution is -2.41. The van der Waals surface area contributed by atoms with E-state index >= 15 is 0 Å². The van der Waals surface area contributed by atoms with Crippen LogP contribution < -0.4 is 10.6 Å². The highest BCUT2D eigenvalue weighted by atomic mass is 32.1. The van der Waals surface area contributed by atoms with Gasteiger partial charge in [0.2, 0.25) is 0 Å². The molecule has 0 aromatic carbocycles. The lowest BCUT2D eigenvalue weighted by Gasteiger charge is -2.23. The first-order chi connectivity index (χ1) is 10.7. The van der Waals surface area contributed by atoms with Crippen LogP contribution >= 0.6 is 11.3 Å². The van der Waals surface area contributed by atoms with Crippen LogP contribution in [0.5, 0.6) is 0 Å². The average Bonchev–Trinajstić information content (AvgIpc) is 3.18. The lowest BCUT2D eigenvalue weighted by atomic mass is 10.2. The van der Waals surface area contributed by atoms with Gasteiger partial charge in [0.25, 0.3) is 0 Å². The molecule has 2 aromatic rings. The Morgan fingerprint density at radius 3 is 2.82 bits per heavy atom. The van der Waals surface area contributed by atoms with Gasteiger partial charge in [-0.2, -0.15) is 11.3 Å². The molecule has 1 atom stereocenters. The van der Waals surface area contributed by atoms with Gasteiger partial charge < -0.3 is 15.1 Å². The number of likely N-dealkylation sites (N-methyl/N-ethyl adjacent to an activating group) is 1. The van der Waals surface area contributed by atoms with Crippen LogP contribution in [0.4, 0.5) is 0 Å². The normalized spacial score (nSPS) is 13.4. The second kappa shape index (κ2) is 8.60. The fourth-order valence-electron chi connectivity index (χ4n) is 2.11. The highest BCUT2D eigenvalue weighted by Gasteiger charge is 2.17. The lowest BCUT2D eigenvalue weighted by molar-refractivity contribution is 0.258. The first-order valence-electron chi connectivity index (χ1n) is 7.43. The number of hydrogen-bond acceptors (Lipinski definition) is 4. The summed E-state index contributed by atoms with van der Waals surface area (Å²) < 4.78 is 5.53. The Morgan fingerprint density at radius 1 is 1.36 bits per heavy atom. The topological polar surface area (TPSA) is 52.8 Å². The van der Waals surface area contributed by atoms with Gasteiger partial charge in [0.15, 0.2) is 5.96 Å². The molecule has 0 aliphatic carbocycles. The molecule has 22 heavy (non-hydrogen) atoms. The molecule has 1 unspecified atom stereocenters. The van der Waals surface area contributed by atoms with Crippen molar-refractivity contribution in [3.8, 4) is 0 Å². The molecule has 0 aliphatic rings. The zero-order chi connectivity index (χ0) is 15.8. The van der Waals surface area contributed by atoms with E-state index in [1.54, 1.807) is 17.6 Å². The molecule has 0 aliphatic heterocycles. The van der Waals surface area contributed by atoms with Crippen LogP contribution in [-0.4, -0.2) is 38.0 Å². The molecule has 0 radical (unpaired) electrons. The fraction of sp³-hybridized carbons (Fsp3) is 0.438. The molecule has 0 saturated carbocycles. The van der Waals surface area contributed by atoms with E-state index in [1.807, 2.05) is 26.2 Å². The van der Waals surface area contributed by atoms with Crippen molar-refractivity contribution in [2.24, 2.45) is 4.99 Å². The standard InChI is InChI=1S/C16H24N4OS/c1-4-17-16(18-10-13-7-9-22-12-13)19-11-14(20(2)3)15-6-5-8-21-15/h5-9,12,14H,4,10-11H2,1-3H3,(H2,17,18,19). The number of furan rings is 1. The van der Waals surface area contributed by atoms with Crippen molar-refractivity contribution in [2.45, 2.75) is 19.5 Å². The van der Waals surface area contributed by atoms with E-state index in [1.165, 1.54) is 5.56 Å². The van der Waals surface area contributed by atoms with E-state index in [2.05, 4.69) is 44.3 Å². The molecule has 5 nitrogen and oxygen atoms in total. The van der Waals surface area contributed by atoms with E-state index in [0.29, 0.717) is 6.54 Å². The number of guanidine groups is 1. The van der Waals surface area contributed by atoms with Crippen LogP contribution in [0, 0.1) is 0 Å². The van der Waals surface area contributed by atoms with Gasteiger partial charge in [0.05, 0.1) is 18.8 Å². The van der Waals surface area contributed by atoms with Gasteiger partial charge in [0, 0.05) is 13.1 Å². The highest BCUT2D eigenvalue weighted by Crippen LogP contribution is 2.17. The third kappa shape index (κ3) is 4.89. The van der Waals surface area contributed by atoms with Crippen molar-refractivity contribution in [2.75, 3.05) is 27.2 Å². The molecule has 120 valence electrons. The second-order valence-electron chi connectivity index (χ2n) is 5.20. The van der Waals surface area contributed by atoms with Gasteiger partial charge in [-0.15, -0.1) is 0 Å². The summed E-state index contributed by atoms with van der Waals surface area (Å²) in [4.78, 5) is 6.75. The van der Waals surface area contributed by atoms with E-state index in [0.717, 1.165) is 24.8 Å². The van der Waals surface area contributed by atoms with Crippen molar-refractivity contribution in [3.05, 3.63) is 46.5 Å². The smallest absolute Gasteiger partial charge is 0.191 e. The van der Waals surface area contributed by atoms with Crippen molar-refractivity contribution < 1.29 is 4.42 Å². The molecule has 2 aromatic heterocycles. The van der Waals surface area contributed by atoms with E-state index in [9.17, 15) is 0 Å². The van der Waals surface area contributed by atoms with E-state index < -0.39 is 0 Å². The van der Waals surface area contributed by atoms with Crippen molar-refractivity contribution in [3.63, 3.8) is 0 Å². The number of nitrogens with one attached hydrogen (secondary N) is 2. The summed E-state index contributed by atoms with van der Waals surface area (Å²) in [5.41, 5.74) is 1.23. The minimum Gasteiger partial charge on any atom is -0.468 e. The maximum Gasteiger partial charge on any atom is 0.191 e. The Bertz CT molecular complexity index is 549. The number of rotatable bonds is 7. The molecule has 0 bridgehead atoms. The van der Waals surface area contributed by atoms with Crippen molar-refractivity contribution in [1.29, 1.82) is 0 Å².